The van der Waals surface area contributed by atoms with Crippen molar-refractivity contribution in [2.75, 3.05) is 13.2 Å². The van der Waals surface area contributed by atoms with Crippen molar-refractivity contribution in [3.63, 3.8) is 0 Å². The lowest BCUT2D eigenvalue weighted by molar-refractivity contribution is 0.179. The van der Waals surface area contributed by atoms with Crippen molar-refractivity contribution >= 4 is 6.03 Å². The van der Waals surface area contributed by atoms with Gasteiger partial charge in [0.05, 0.1) is 0 Å². The maximum Gasteiger partial charge on any atom is 0.315 e. The SMILES string of the molecule is O=C(NCCc1nnc2n1CCCCC2)N[C@@H]1CCCCC[C@@H]1CO. The van der Waals surface area contributed by atoms with Crippen molar-refractivity contribution in [3.05, 3.63) is 11.6 Å². The first kappa shape index (κ1) is 18.2. The number of amides is 2. The third-order valence-corrected chi connectivity index (χ3v) is 5.53. The molecule has 3 N–H and O–H groups in total. The Bertz CT molecular complexity index is 560. The van der Waals surface area contributed by atoms with Crippen LogP contribution in [0.2, 0.25) is 0 Å². The number of aromatic nitrogens is 3. The molecule has 1 aromatic rings. The van der Waals surface area contributed by atoms with Crippen LogP contribution in [0.5, 0.6) is 0 Å². The molecule has 1 aliphatic heterocycles. The highest BCUT2D eigenvalue weighted by molar-refractivity contribution is 5.74. The smallest absolute Gasteiger partial charge is 0.315 e. The van der Waals surface area contributed by atoms with E-state index in [1.807, 2.05) is 0 Å². The van der Waals surface area contributed by atoms with E-state index in [1.54, 1.807) is 0 Å². The van der Waals surface area contributed by atoms with Gasteiger partial charge in [-0.1, -0.05) is 25.7 Å². The molecule has 7 nitrogen and oxygen atoms in total. The van der Waals surface area contributed by atoms with E-state index in [9.17, 15) is 9.90 Å². The first-order chi connectivity index (χ1) is 12.3. The Labute approximate surface area is 149 Å². The second kappa shape index (κ2) is 9.17. The number of carbonyl (C=O) groups excluding carboxylic acids is 1. The molecular weight excluding hydrogens is 318 g/mol. The van der Waals surface area contributed by atoms with Crippen LogP contribution in [0.4, 0.5) is 4.79 Å². The number of rotatable bonds is 5. The van der Waals surface area contributed by atoms with Crippen molar-refractivity contribution < 1.29 is 9.90 Å². The van der Waals surface area contributed by atoms with E-state index in [0.717, 1.165) is 50.3 Å². The fraction of sp³-hybridized carbons (Fsp3) is 0.833. The molecule has 0 spiro atoms. The van der Waals surface area contributed by atoms with Crippen LogP contribution in [0, 0.1) is 5.92 Å². The molecular formula is C18H31N5O2. The predicted octanol–water partition coefficient (Wildman–Crippen LogP) is 1.79. The summed E-state index contributed by atoms with van der Waals surface area (Å²) in [4.78, 5) is 12.2. The van der Waals surface area contributed by atoms with Crippen LogP contribution in [0.1, 0.15) is 63.0 Å². The Balaban J connectivity index is 1.45. The lowest BCUT2D eigenvalue weighted by Gasteiger charge is -2.24. The maximum absolute atomic E-state index is 12.2. The van der Waals surface area contributed by atoms with Crippen LogP contribution in [0.3, 0.4) is 0 Å². The number of nitrogens with one attached hydrogen (secondary N) is 2. The van der Waals surface area contributed by atoms with Crippen LogP contribution in [-0.2, 0) is 19.4 Å². The number of nitrogens with zero attached hydrogens (tertiary/aromatic N) is 3. The summed E-state index contributed by atoms with van der Waals surface area (Å²) in [5.41, 5.74) is 0. The number of carbonyl (C=O) groups is 1. The van der Waals surface area contributed by atoms with Crippen LogP contribution in [0.15, 0.2) is 0 Å². The summed E-state index contributed by atoms with van der Waals surface area (Å²) in [5, 5.41) is 24.1. The average molecular weight is 349 g/mol. The summed E-state index contributed by atoms with van der Waals surface area (Å²) in [7, 11) is 0. The molecule has 1 aromatic heterocycles. The molecule has 7 heteroatoms. The number of aliphatic hydroxyl groups is 1. The van der Waals surface area contributed by atoms with Gasteiger partial charge in [0.1, 0.15) is 11.6 Å². The number of urea groups is 1. The summed E-state index contributed by atoms with van der Waals surface area (Å²) in [6, 6.07) is -0.0576. The van der Waals surface area contributed by atoms with Gasteiger partial charge in [-0.25, -0.2) is 4.79 Å². The van der Waals surface area contributed by atoms with Gasteiger partial charge in [-0.3, -0.25) is 0 Å². The average Bonchev–Trinajstić information content (AvgIpc) is 2.80. The Hall–Kier alpha value is -1.63. The molecule has 0 saturated heterocycles. The molecule has 0 bridgehead atoms. The second-order valence-electron chi connectivity index (χ2n) is 7.33. The van der Waals surface area contributed by atoms with Gasteiger partial charge in [0, 0.05) is 44.5 Å². The zero-order chi connectivity index (χ0) is 17.5. The molecule has 140 valence electrons. The number of hydrogen-bond acceptors (Lipinski definition) is 4. The molecule has 2 heterocycles. The monoisotopic (exact) mass is 349 g/mol. The maximum atomic E-state index is 12.2. The molecule has 25 heavy (non-hydrogen) atoms. The molecule has 0 unspecified atom stereocenters. The third kappa shape index (κ3) is 4.93. The van der Waals surface area contributed by atoms with E-state index in [1.165, 1.54) is 25.7 Å². The van der Waals surface area contributed by atoms with E-state index in [4.69, 9.17) is 0 Å². The molecule has 2 amide bonds. The Morgan fingerprint density at radius 3 is 2.84 bits per heavy atom. The van der Waals surface area contributed by atoms with Gasteiger partial charge in [0.2, 0.25) is 0 Å². The summed E-state index contributed by atoms with van der Waals surface area (Å²) in [6.45, 7) is 1.70. The lowest BCUT2D eigenvalue weighted by Crippen LogP contribution is -2.46. The van der Waals surface area contributed by atoms with E-state index in [-0.39, 0.29) is 24.6 Å². The highest BCUT2D eigenvalue weighted by Gasteiger charge is 2.24. The van der Waals surface area contributed by atoms with E-state index >= 15 is 0 Å². The van der Waals surface area contributed by atoms with Crippen LogP contribution < -0.4 is 10.6 Å². The zero-order valence-electron chi connectivity index (χ0n) is 15.0. The first-order valence-corrected chi connectivity index (χ1v) is 9.84. The third-order valence-electron chi connectivity index (χ3n) is 5.53. The van der Waals surface area contributed by atoms with Gasteiger partial charge in [-0.2, -0.15) is 0 Å². The fourth-order valence-electron chi connectivity index (χ4n) is 4.03. The molecule has 1 fully saturated rings. The predicted molar refractivity (Wildman–Crippen MR) is 95.3 cm³/mol. The largest absolute Gasteiger partial charge is 0.396 e. The quantitative estimate of drug-likeness (QED) is 0.707. The van der Waals surface area contributed by atoms with Crippen LogP contribution >= 0.6 is 0 Å². The van der Waals surface area contributed by atoms with Crippen molar-refractivity contribution in [1.29, 1.82) is 0 Å². The molecule has 0 aromatic carbocycles. The molecule has 1 saturated carbocycles. The number of fused-ring (bicyclic) bond motifs is 1. The van der Waals surface area contributed by atoms with E-state index in [2.05, 4.69) is 25.4 Å². The van der Waals surface area contributed by atoms with Gasteiger partial charge in [-0.15, -0.1) is 10.2 Å². The summed E-state index contributed by atoms with van der Waals surface area (Å²) >= 11 is 0. The molecule has 2 atom stereocenters. The van der Waals surface area contributed by atoms with Crippen molar-refractivity contribution in [3.8, 4) is 0 Å². The molecule has 0 radical (unpaired) electrons. The minimum absolute atomic E-state index is 0.0804. The highest BCUT2D eigenvalue weighted by atomic mass is 16.3. The Kier molecular flexibility index (Phi) is 6.67. The van der Waals surface area contributed by atoms with E-state index in [0.29, 0.717) is 13.0 Å². The second-order valence-corrected chi connectivity index (χ2v) is 7.33. The topological polar surface area (TPSA) is 92.1 Å². The van der Waals surface area contributed by atoms with Crippen molar-refractivity contribution in [1.82, 2.24) is 25.4 Å². The van der Waals surface area contributed by atoms with Crippen LogP contribution in [0.25, 0.3) is 0 Å². The minimum Gasteiger partial charge on any atom is -0.396 e. The molecule has 3 rings (SSSR count). The summed E-state index contributed by atoms with van der Waals surface area (Å²) in [5.74, 6) is 2.24. The van der Waals surface area contributed by atoms with Gasteiger partial charge in [0.15, 0.2) is 0 Å². The van der Waals surface area contributed by atoms with Crippen molar-refractivity contribution in [2.24, 2.45) is 5.92 Å². The Morgan fingerprint density at radius 2 is 1.96 bits per heavy atom. The van der Waals surface area contributed by atoms with Gasteiger partial charge in [-0.05, 0) is 25.7 Å². The number of hydrogen-bond donors (Lipinski definition) is 3. The Morgan fingerprint density at radius 1 is 1.12 bits per heavy atom. The molecule has 2 aliphatic rings. The standard InChI is InChI=1S/C18H31N5O2/c24-13-14-7-3-1-4-8-15(14)20-18(25)19-11-10-17-22-21-16-9-5-2-6-12-23(16)17/h14-15,24H,1-13H2,(H2,19,20,25)/t14-,15-/m1/s1. The van der Waals surface area contributed by atoms with Gasteiger partial charge in [0.25, 0.3) is 0 Å². The zero-order valence-corrected chi connectivity index (χ0v) is 15.0. The fourth-order valence-corrected chi connectivity index (χ4v) is 4.03. The lowest BCUT2D eigenvalue weighted by atomic mass is 9.96. The number of aryl methyl sites for hydroxylation is 1. The summed E-state index contributed by atoms with van der Waals surface area (Å²) < 4.78 is 2.22. The van der Waals surface area contributed by atoms with Gasteiger partial charge >= 0.3 is 6.03 Å². The first-order valence-electron chi connectivity index (χ1n) is 9.84. The van der Waals surface area contributed by atoms with Crippen LogP contribution in [-0.4, -0.2) is 45.1 Å². The minimum atomic E-state index is -0.138. The normalized spacial score (nSPS) is 24.0. The molecule has 1 aliphatic carbocycles. The number of aliphatic hydroxyl groups excluding tert-OH is 1. The van der Waals surface area contributed by atoms with Gasteiger partial charge < -0.3 is 20.3 Å². The summed E-state index contributed by atoms with van der Waals surface area (Å²) in [6.07, 6.45) is 10.7. The van der Waals surface area contributed by atoms with Crippen molar-refractivity contribution in [2.45, 2.75) is 76.8 Å². The highest BCUT2D eigenvalue weighted by Crippen LogP contribution is 2.23. The van der Waals surface area contributed by atoms with E-state index < -0.39 is 0 Å².